The van der Waals surface area contributed by atoms with Gasteiger partial charge in [-0.05, 0) is 73.4 Å². The Hall–Kier alpha value is -4.33. The molecule has 200 valence electrons. The number of nitrogens with zero attached hydrogens (tertiary/aromatic N) is 3. The second-order valence-electron chi connectivity index (χ2n) is 9.80. The molecule has 6 rings (SSSR count). The zero-order chi connectivity index (χ0) is 26.6. The lowest BCUT2D eigenvalue weighted by Crippen LogP contribution is -2.25. The Morgan fingerprint density at radius 2 is 1.82 bits per heavy atom. The highest BCUT2D eigenvalue weighted by Gasteiger charge is 2.22. The van der Waals surface area contributed by atoms with Gasteiger partial charge in [-0.25, -0.2) is 4.98 Å². The van der Waals surface area contributed by atoms with E-state index in [4.69, 9.17) is 23.9 Å². The molecular weight excluding hydrogens is 494 g/mol. The molecule has 2 aliphatic rings. The minimum Gasteiger partial charge on any atom is -0.490 e. The van der Waals surface area contributed by atoms with E-state index in [0.717, 1.165) is 59.7 Å². The molecule has 1 aromatic heterocycles. The molecule has 0 spiro atoms. The van der Waals surface area contributed by atoms with Gasteiger partial charge in [0.05, 0.1) is 23.7 Å². The summed E-state index contributed by atoms with van der Waals surface area (Å²) in [6.07, 6.45) is 7.23. The molecule has 1 fully saturated rings. The first-order chi connectivity index (χ1) is 19.2. The van der Waals surface area contributed by atoms with Crippen LogP contribution in [0.1, 0.15) is 61.9 Å². The summed E-state index contributed by atoms with van der Waals surface area (Å²) in [5.74, 6) is 3.66. The molecule has 0 amide bonds. The fourth-order valence-electron chi connectivity index (χ4n) is 5.19. The molecular formula is C31H31N3O5. The van der Waals surface area contributed by atoms with Crippen molar-refractivity contribution in [1.29, 1.82) is 0 Å². The minimum absolute atomic E-state index is 0.147. The van der Waals surface area contributed by atoms with E-state index in [1.165, 1.54) is 11.1 Å². The minimum atomic E-state index is -0.147. The number of para-hydroxylation sites is 1. The molecule has 39 heavy (non-hydrogen) atoms. The van der Waals surface area contributed by atoms with Crippen LogP contribution in [0.4, 0.5) is 0 Å². The molecule has 0 saturated heterocycles. The van der Waals surface area contributed by atoms with Crippen molar-refractivity contribution in [2.45, 2.75) is 51.6 Å². The summed E-state index contributed by atoms with van der Waals surface area (Å²) in [6.45, 7) is 3.01. The van der Waals surface area contributed by atoms with Crippen molar-refractivity contribution in [2.24, 2.45) is 5.10 Å². The monoisotopic (exact) mass is 525 g/mol. The molecule has 8 heteroatoms. The van der Waals surface area contributed by atoms with Gasteiger partial charge in [-0.2, -0.15) is 9.78 Å². The Morgan fingerprint density at radius 3 is 2.69 bits per heavy atom. The highest BCUT2D eigenvalue weighted by molar-refractivity contribution is 5.81. The zero-order valence-corrected chi connectivity index (χ0v) is 22.0. The first-order valence-electron chi connectivity index (χ1n) is 13.5. The van der Waals surface area contributed by atoms with Gasteiger partial charge in [0.1, 0.15) is 12.4 Å². The average Bonchev–Trinajstić information content (AvgIpc) is 3.45. The molecule has 8 nitrogen and oxygen atoms in total. The second-order valence-corrected chi connectivity index (χ2v) is 9.80. The first kappa shape index (κ1) is 25.0. The Labute approximate surface area is 226 Å². The topological polar surface area (TPSA) is 84.2 Å². The normalized spacial score (nSPS) is 15.2. The summed E-state index contributed by atoms with van der Waals surface area (Å²) in [7, 11) is 0. The number of hydrogen-bond acceptors (Lipinski definition) is 7. The Kier molecular flexibility index (Phi) is 7.17. The number of fused-ring (bicyclic) bond motifs is 2. The van der Waals surface area contributed by atoms with E-state index in [1.54, 1.807) is 12.3 Å². The van der Waals surface area contributed by atoms with Crippen LogP contribution in [0.3, 0.4) is 0 Å². The van der Waals surface area contributed by atoms with Gasteiger partial charge >= 0.3 is 0 Å². The molecule has 1 saturated carbocycles. The van der Waals surface area contributed by atoms with Gasteiger partial charge < -0.3 is 18.9 Å². The van der Waals surface area contributed by atoms with Crippen molar-refractivity contribution >= 4 is 17.1 Å². The van der Waals surface area contributed by atoms with Crippen molar-refractivity contribution in [3.8, 4) is 23.0 Å². The standard InChI is InChI=1S/C31H31N3O5/c1-2-36-28-16-21(12-14-26(28)37-19-22-13-15-27-29(17-22)39-20-38-27)18-32-34-30(23-8-4-3-5-9-23)33-25-11-7-6-10-24(25)31(34)35/h6-7,10-18,23H,2-5,8-9,19-20H2,1H3. The van der Waals surface area contributed by atoms with Gasteiger partial charge in [0, 0.05) is 5.92 Å². The lowest BCUT2D eigenvalue weighted by atomic mass is 9.88. The SMILES string of the molecule is CCOc1cc(C=Nn2c(C3CCCCC3)nc3ccccc3c2=O)ccc1OCc1ccc2c(c1)OCO2. The molecule has 2 heterocycles. The molecule has 0 bridgehead atoms. The Morgan fingerprint density at radius 1 is 0.974 bits per heavy atom. The van der Waals surface area contributed by atoms with Crippen LogP contribution in [0.25, 0.3) is 10.9 Å². The predicted molar refractivity (Wildman–Crippen MR) is 149 cm³/mol. The lowest BCUT2D eigenvalue weighted by molar-refractivity contribution is 0.174. The largest absolute Gasteiger partial charge is 0.490 e. The van der Waals surface area contributed by atoms with E-state index in [-0.39, 0.29) is 18.3 Å². The van der Waals surface area contributed by atoms with Gasteiger partial charge in [-0.3, -0.25) is 4.79 Å². The summed E-state index contributed by atoms with van der Waals surface area (Å²) in [4.78, 5) is 18.4. The summed E-state index contributed by atoms with van der Waals surface area (Å²) in [5.41, 5.74) is 2.33. The maximum atomic E-state index is 13.5. The summed E-state index contributed by atoms with van der Waals surface area (Å²) < 4.78 is 24.3. The summed E-state index contributed by atoms with van der Waals surface area (Å²) in [5, 5.41) is 5.22. The number of hydrogen-bond donors (Lipinski definition) is 0. The number of aromatic nitrogens is 2. The van der Waals surface area contributed by atoms with Crippen molar-refractivity contribution in [1.82, 2.24) is 9.66 Å². The molecule has 1 aliphatic carbocycles. The second kappa shape index (κ2) is 11.2. The smallest absolute Gasteiger partial charge is 0.282 e. The summed E-state index contributed by atoms with van der Waals surface area (Å²) in [6, 6.07) is 18.9. The van der Waals surface area contributed by atoms with E-state index in [2.05, 4.69) is 5.10 Å². The number of ether oxygens (including phenoxy) is 4. The van der Waals surface area contributed by atoms with Crippen LogP contribution in [0.15, 0.2) is 70.6 Å². The van der Waals surface area contributed by atoms with Crippen molar-refractivity contribution in [3.05, 3.63) is 88.0 Å². The third-order valence-electron chi connectivity index (χ3n) is 7.17. The summed E-state index contributed by atoms with van der Waals surface area (Å²) >= 11 is 0. The molecule has 0 atom stereocenters. The van der Waals surface area contributed by atoms with Gasteiger partial charge in [-0.15, -0.1) is 0 Å². The zero-order valence-electron chi connectivity index (χ0n) is 22.0. The Balaban J connectivity index is 1.28. The highest BCUT2D eigenvalue weighted by atomic mass is 16.7. The van der Waals surface area contributed by atoms with E-state index in [1.807, 2.05) is 61.5 Å². The maximum absolute atomic E-state index is 13.5. The molecule has 3 aromatic carbocycles. The third-order valence-corrected chi connectivity index (χ3v) is 7.17. The van der Waals surface area contributed by atoms with Crippen molar-refractivity contribution < 1.29 is 18.9 Å². The average molecular weight is 526 g/mol. The first-order valence-corrected chi connectivity index (χ1v) is 13.5. The lowest BCUT2D eigenvalue weighted by Gasteiger charge is -2.22. The molecule has 0 unspecified atom stereocenters. The van der Waals surface area contributed by atoms with E-state index in [9.17, 15) is 4.79 Å². The molecule has 0 radical (unpaired) electrons. The van der Waals surface area contributed by atoms with Gasteiger partial charge in [0.25, 0.3) is 5.56 Å². The van der Waals surface area contributed by atoms with Gasteiger partial charge in [0.2, 0.25) is 6.79 Å². The van der Waals surface area contributed by atoms with Crippen LogP contribution in [-0.4, -0.2) is 29.3 Å². The van der Waals surface area contributed by atoms with Crippen molar-refractivity contribution in [3.63, 3.8) is 0 Å². The van der Waals surface area contributed by atoms with Gasteiger partial charge in [-0.1, -0.05) is 37.5 Å². The number of rotatable bonds is 8. The van der Waals surface area contributed by atoms with Crippen LogP contribution in [0.2, 0.25) is 0 Å². The van der Waals surface area contributed by atoms with Crippen LogP contribution in [0.5, 0.6) is 23.0 Å². The van der Waals surface area contributed by atoms with E-state index < -0.39 is 0 Å². The van der Waals surface area contributed by atoms with Crippen LogP contribution in [-0.2, 0) is 6.61 Å². The maximum Gasteiger partial charge on any atom is 0.282 e. The molecule has 0 N–H and O–H groups in total. The third kappa shape index (κ3) is 5.32. The molecule has 1 aliphatic heterocycles. The van der Waals surface area contributed by atoms with Gasteiger partial charge in [0.15, 0.2) is 23.0 Å². The quantitative estimate of drug-likeness (QED) is 0.261. The van der Waals surface area contributed by atoms with Crippen LogP contribution < -0.4 is 24.5 Å². The highest BCUT2D eigenvalue weighted by Crippen LogP contribution is 2.34. The fourth-order valence-corrected chi connectivity index (χ4v) is 5.19. The predicted octanol–water partition coefficient (Wildman–Crippen LogP) is 6.03. The number of benzene rings is 3. The van der Waals surface area contributed by atoms with E-state index >= 15 is 0 Å². The van der Waals surface area contributed by atoms with E-state index in [0.29, 0.717) is 30.1 Å². The van der Waals surface area contributed by atoms with Crippen LogP contribution in [0, 0.1) is 0 Å². The fraction of sp³-hybridized carbons (Fsp3) is 0.323. The van der Waals surface area contributed by atoms with Crippen LogP contribution >= 0.6 is 0 Å². The van der Waals surface area contributed by atoms with Crippen molar-refractivity contribution in [2.75, 3.05) is 13.4 Å². The molecule has 4 aromatic rings. The Bertz CT molecular complexity index is 1570.